The van der Waals surface area contributed by atoms with Crippen molar-refractivity contribution >= 4 is 17.8 Å². The highest BCUT2D eigenvalue weighted by molar-refractivity contribution is 6.27. The Morgan fingerprint density at radius 1 is 0.833 bits per heavy atom. The molecule has 7 nitrogen and oxygen atoms in total. The second-order valence-electron chi connectivity index (χ2n) is 7.14. The number of aliphatic carboxylic acids is 2. The van der Waals surface area contributed by atoms with Gasteiger partial charge in [-0.05, 0) is 36.6 Å². The summed E-state index contributed by atoms with van der Waals surface area (Å²) < 4.78 is 0. The zero-order valence-corrected chi connectivity index (χ0v) is 17.3. The van der Waals surface area contributed by atoms with Gasteiger partial charge >= 0.3 is 11.9 Å². The summed E-state index contributed by atoms with van der Waals surface area (Å²) in [4.78, 5) is 35.4. The van der Waals surface area contributed by atoms with Crippen LogP contribution in [0.15, 0.2) is 54.6 Å². The smallest absolute Gasteiger partial charge is 0.414 e. The average Bonchev–Trinajstić information content (AvgIpc) is 2.79. The third-order valence-electron chi connectivity index (χ3n) is 5.24. The Hall–Kier alpha value is -3.19. The van der Waals surface area contributed by atoms with Gasteiger partial charge in [-0.25, -0.2) is 9.59 Å². The van der Waals surface area contributed by atoms with Crippen molar-refractivity contribution in [2.45, 2.75) is 26.3 Å². The van der Waals surface area contributed by atoms with Gasteiger partial charge in [0.25, 0.3) is 5.91 Å². The van der Waals surface area contributed by atoms with E-state index in [1.54, 1.807) is 0 Å². The van der Waals surface area contributed by atoms with Gasteiger partial charge in [0.1, 0.15) is 0 Å². The van der Waals surface area contributed by atoms with Crippen LogP contribution in [0.2, 0.25) is 0 Å². The molecule has 1 saturated heterocycles. The predicted octanol–water partition coefficient (Wildman–Crippen LogP) is 3.07. The number of rotatable bonds is 4. The van der Waals surface area contributed by atoms with Crippen LogP contribution >= 0.6 is 0 Å². The SMILES string of the molecule is CCC(C)N1CCN(C(=O)c2ccc(-c3ccccc3)cc2)CC1.O=C(O)C(=O)O. The number of benzene rings is 2. The molecular weight excluding hydrogens is 384 g/mol. The van der Waals surface area contributed by atoms with E-state index in [4.69, 9.17) is 19.8 Å². The standard InChI is InChI=1S/C21H26N2O.C2H2O4/c1-3-17(2)22-13-15-23(16-14-22)21(24)20-11-9-19(10-12-20)18-7-5-4-6-8-18;3-1(4)2(5)6/h4-12,17H,3,13-16H2,1-2H3;(H,3,4)(H,5,6). The number of carbonyl (C=O) groups excluding carboxylic acids is 1. The van der Waals surface area contributed by atoms with Crippen LogP contribution in [0.3, 0.4) is 0 Å². The van der Waals surface area contributed by atoms with Gasteiger partial charge in [0.05, 0.1) is 0 Å². The number of carbonyl (C=O) groups is 3. The van der Waals surface area contributed by atoms with Crippen LogP contribution in [0.25, 0.3) is 11.1 Å². The van der Waals surface area contributed by atoms with Crippen molar-refractivity contribution in [2.24, 2.45) is 0 Å². The first-order chi connectivity index (χ1) is 14.3. The van der Waals surface area contributed by atoms with E-state index in [1.807, 2.05) is 47.4 Å². The first-order valence-electron chi connectivity index (χ1n) is 9.98. The van der Waals surface area contributed by atoms with Gasteiger partial charge in [-0.3, -0.25) is 9.69 Å². The van der Waals surface area contributed by atoms with Crippen LogP contribution in [0.4, 0.5) is 0 Å². The molecule has 1 aliphatic heterocycles. The van der Waals surface area contributed by atoms with E-state index in [0.717, 1.165) is 43.7 Å². The molecule has 0 aliphatic carbocycles. The third-order valence-corrected chi connectivity index (χ3v) is 5.24. The molecule has 2 aromatic rings. The molecular formula is C23H28N2O5. The maximum absolute atomic E-state index is 12.7. The molecule has 2 aromatic carbocycles. The van der Waals surface area contributed by atoms with Crippen LogP contribution in [-0.2, 0) is 9.59 Å². The topological polar surface area (TPSA) is 98.2 Å². The second kappa shape index (κ2) is 11.1. The van der Waals surface area contributed by atoms with Crippen LogP contribution in [0, 0.1) is 0 Å². The highest BCUT2D eigenvalue weighted by atomic mass is 16.4. The molecule has 0 spiro atoms. The first kappa shape index (κ1) is 23.1. The number of carboxylic acid groups (broad SMARTS) is 2. The minimum Gasteiger partial charge on any atom is -0.473 e. The molecule has 2 N–H and O–H groups in total. The lowest BCUT2D eigenvalue weighted by Gasteiger charge is -2.37. The lowest BCUT2D eigenvalue weighted by molar-refractivity contribution is -0.159. The van der Waals surface area contributed by atoms with Crippen molar-refractivity contribution < 1.29 is 24.6 Å². The quantitative estimate of drug-likeness (QED) is 0.749. The maximum atomic E-state index is 12.7. The molecule has 3 rings (SSSR count). The molecule has 30 heavy (non-hydrogen) atoms. The van der Waals surface area contributed by atoms with Gasteiger partial charge in [0, 0.05) is 37.8 Å². The molecule has 0 aromatic heterocycles. The molecule has 1 fully saturated rings. The Labute approximate surface area is 176 Å². The summed E-state index contributed by atoms with van der Waals surface area (Å²) in [6.45, 7) is 8.08. The maximum Gasteiger partial charge on any atom is 0.414 e. The Balaban J connectivity index is 0.000000469. The minimum absolute atomic E-state index is 0.151. The number of hydrogen-bond donors (Lipinski definition) is 2. The lowest BCUT2D eigenvalue weighted by Crippen LogP contribution is -2.51. The van der Waals surface area contributed by atoms with E-state index in [2.05, 4.69) is 30.9 Å². The van der Waals surface area contributed by atoms with Crippen LogP contribution in [-0.4, -0.2) is 70.1 Å². The molecule has 1 aliphatic rings. The van der Waals surface area contributed by atoms with E-state index in [1.165, 1.54) is 5.56 Å². The Kier molecular flexibility index (Phi) is 8.55. The molecule has 1 heterocycles. The fourth-order valence-corrected chi connectivity index (χ4v) is 3.24. The first-order valence-corrected chi connectivity index (χ1v) is 9.98. The third kappa shape index (κ3) is 6.42. The van der Waals surface area contributed by atoms with Crippen molar-refractivity contribution in [1.82, 2.24) is 9.80 Å². The van der Waals surface area contributed by atoms with Crippen LogP contribution in [0.1, 0.15) is 30.6 Å². The van der Waals surface area contributed by atoms with E-state index in [-0.39, 0.29) is 5.91 Å². The Bertz CT molecular complexity index is 832. The van der Waals surface area contributed by atoms with Crippen molar-refractivity contribution in [3.63, 3.8) is 0 Å². The monoisotopic (exact) mass is 412 g/mol. The van der Waals surface area contributed by atoms with Crippen molar-refractivity contribution in [1.29, 1.82) is 0 Å². The number of carboxylic acids is 2. The fraction of sp³-hybridized carbons (Fsp3) is 0.348. The Morgan fingerprint density at radius 3 is 1.80 bits per heavy atom. The average molecular weight is 412 g/mol. The van der Waals surface area contributed by atoms with Gasteiger partial charge in [-0.15, -0.1) is 0 Å². The summed E-state index contributed by atoms with van der Waals surface area (Å²) in [5.41, 5.74) is 3.11. The molecule has 7 heteroatoms. The lowest BCUT2D eigenvalue weighted by atomic mass is 10.0. The highest BCUT2D eigenvalue weighted by Crippen LogP contribution is 2.20. The summed E-state index contributed by atoms with van der Waals surface area (Å²) in [5.74, 6) is -3.50. The summed E-state index contributed by atoms with van der Waals surface area (Å²) in [5, 5.41) is 14.8. The molecule has 0 radical (unpaired) electrons. The normalized spacial score (nSPS) is 14.9. The molecule has 0 saturated carbocycles. The van der Waals surface area contributed by atoms with Crippen LogP contribution < -0.4 is 0 Å². The number of piperazine rings is 1. The van der Waals surface area contributed by atoms with Gasteiger partial charge in [0.15, 0.2) is 0 Å². The summed E-state index contributed by atoms with van der Waals surface area (Å²) >= 11 is 0. The van der Waals surface area contributed by atoms with E-state index in [0.29, 0.717) is 6.04 Å². The zero-order valence-electron chi connectivity index (χ0n) is 17.3. The van der Waals surface area contributed by atoms with E-state index >= 15 is 0 Å². The van der Waals surface area contributed by atoms with Gasteiger partial charge in [-0.1, -0.05) is 49.4 Å². The second-order valence-corrected chi connectivity index (χ2v) is 7.14. The van der Waals surface area contributed by atoms with Gasteiger partial charge in [0.2, 0.25) is 0 Å². The van der Waals surface area contributed by atoms with Crippen molar-refractivity contribution in [2.75, 3.05) is 26.2 Å². The summed E-state index contributed by atoms with van der Waals surface area (Å²) in [6.07, 6.45) is 1.16. The number of hydrogen-bond acceptors (Lipinski definition) is 4. The Morgan fingerprint density at radius 2 is 1.33 bits per heavy atom. The molecule has 1 unspecified atom stereocenters. The molecule has 160 valence electrons. The molecule has 1 atom stereocenters. The predicted molar refractivity (Wildman–Crippen MR) is 114 cm³/mol. The highest BCUT2D eigenvalue weighted by Gasteiger charge is 2.24. The van der Waals surface area contributed by atoms with E-state index in [9.17, 15) is 4.79 Å². The minimum atomic E-state index is -1.82. The summed E-state index contributed by atoms with van der Waals surface area (Å²) in [7, 11) is 0. The number of nitrogens with zero attached hydrogens (tertiary/aromatic N) is 2. The van der Waals surface area contributed by atoms with E-state index < -0.39 is 11.9 Å². The van der Waals surface area contributed by atoms with Gasteiger partial charge < -0.3 is 15.1 Å². The van der Waals surface area contributed by atoms with Crippen molar-refractivity contribution in [3.8, 4) is 11.1 Å². The fourth-order valence-electron chi connectivity index (χ4n) is 3.24. The van der Waals surface area contributed by atoms with Crippen LogP contribution in [0.5, 0.6) is 0 Å². The zero-order chi connectivity index (χ0) is 22.1. The molecule has 1 amide bonds. The van der Waals surface area contributed by atoms with Gasteiger partial charge in [-0.2, -0.15) is 0 Å². The van der Waals surface area contributed by atoms with Crippen molar-refractivity contribution in [3.05, 3.63) is 60.2 Å². The largest absolute Gasteiger partial charge is 0.473 e. The number of amides is 1. The molecule has 0 bridgehead atoms. The summed E-state index contributed by atoms with van der Waals surface area (Å²) in [6, 6.07) is 18.8.